The SMILES string of the molecule is NNc1ncc(S(=O)(=O)N2CCS(=O)(=O)CC2)cc1Cl. The van der Waals surface area contributed by atoms with Crippen LogP contribution < -0.4 is 11.3 Å². The van der Waals surface area contributed by atoms with Crippen LogP contribution in [0.5, 0.6) is 0 Å². The molecule has 1 aliphatic heterocycles. The number of rotatable bonds is 3. The average Bonchev–Trinajstić information content (AvgIpc) is 2.38. The number of nitrogen functional groups attached to an aromatic ring is 1. The van der Waals surface area contributed by atoms with E-state index in [-0.39, 0.29) is 40.3 Å². The normalized spacial score (nSPS) is 19.7. The Bertz CT molecular complexity index is 705. The molecule has 11 heteroatoms. The van der Waals surface area contributed by atoms with Crippen molar-refractivity contribution in [1.82, 2.24) is 9.29 Å². The average molecular weight is 341 g/mol. The topological polar surface area (TPSA) is 122 Å². The molecule has 0 atom stereocenters. The summed E-state index contributed by atoms with van der Waals surface area (Å²) in [4.78, 5) is 3.70. The predicted octanol–water partition coefficient (Wildman–Crippen LogP) is -0.560. The largest absolute Gasteiger partial charge is 0.307 e. The van der Waals surface area contributed by atoms with E-state index in [1.54, 1.807) is 0 Å². The summed E-state index contributed by atoms with van der Waals surface area (Å²) in [5.41, 5.74) is 2.23. The molecular formula is C9H13ClN4O4S2. The molecule has 0 amide bonds. The fourth-order valence-corrected chi connectivity index (χ4v) is 4.88. The van der Waals surface area contributed by atoms with Gasteiger partial charge in [-0.25, -0.2) is 27.7 Å². The lowest BCUT2D eigenvalue weighted by Crippen LogP contribution is -2.43. The third kappa shape index (κ3) is 3.04. The van der Waals surface area contributed by atoms with Gasteiger partial charge in [0.1, 0.15) is 4.90 Å². The molecule has 8 nitrogen and oxygen atoms in total. The number of nitrogens with two attached hydrogens (primary N) is 1. The number of sulfone groups is 1. The van der Waals surface area contributed by atoms with E-state index in [4.69, 9.17) is 17.4 Å². The molecule has 0 radical (unpaired) electrons. The van der Waals surface area contributed by atoms with Crippen LogP contribution in [-0.2, 0) is 19.9 Å². The maximum absolute atomic E-state index is 12.3. The Morgan fingerprint density at radius 2 is 1.95 bits per heavy atom. The number of hydrazine groups is 1. The minimum Gasteiger partial charge on any atom is -0.307 e. The van der Waals surface area contributed by atoms with E-state index < -0.39 is 19.9 Å². The molecule has 2 rings (SSSR count). The van der Waals surface area contributed by atoms with E-state index in [1.807, 2.05) is 0 Å². The molecule has 2 heterocycles. The van der Waals surface area contributed by atoms with Gasteiger partial charge in [-0.2, -0.15) is 4.31 Å². The highest BCUT2D eigenvalue weighted by Gasteiger charge is 2.31. The number of halogens is 1. The van der Waals surface area contributed by atoms with Crippen LogP contribution in [0.4, 0.5) is 5.82 Å². The Hall–Kier alpha value is -0.940. The molecular weight excluding hydrogens is 328 g/mol. The van der Waals surface area contributed by atoms with Crippen molar-refractivity contribution < 1.29 is 16.8 Å². The molecule has 1 aromatic rings. The summed E-state index contributed by atoms with van der Waals surface area (Å²) in [5.74, 6) is 4.95. The maximum atomic E-state index is 12.3. The first-order chi connectivity index (χ1) is 9.26. The van der Waals surface area contributed by atoms with Gasteiger partial charge in [0.15, 0.2) is 15.7 Å². The molecule has 3 N–H and O–H groups in total. The Kier molecular flexibility index (Phi) is 4.21. The van der Waals surface area contributed by atoms with E-state index in [9.17, 15) is 16.8 Å². The van der Waals surface area contributed by atoms with Gasteiger partial charge in [-0.3, -0.25) is 0 Å². The highest BCUT2D eigenvalue weighted by atomic mass is 35.5. The molecule has 0 aromatic carbocycles. The zero-order valence-corrected chi connectivity index (χ0v) is 12.7. The Labute approximate surface area is 121 Å². The van der Waals surface area contributed by atoms with Crippen molar-refractivity contribution in [1.29, 1.82) is 0 Å². The third-order valence-electron chi connectivity index (χ3n) is 2.89. The first-order valence-electron chi connectivity index (χ1n) is 5.59. The second-order valence-electron chi connectivity index (χ2n) is 4.20. The van der Waals surface area contributed by atoms with Crippen LogP contribution in [0.2, 0.25) is 5.02 Å². The first-order valence-corrected chi connectivity index (χ1v) is 9.23. The smallest absolute Gasteiger partial charge is 0.244 e. The third-order valence-corrected chi connectivity index (χ3v) is 6.66. The number of anilines is 1. The summed E-state index contributed by atoms with van der Waals surface area (Å²) in [6.45, 7) is -0.141. The number of hydrogen-bond donors (Lipinski definition) is 2. The molecule has 0 unspecified atom stereocenters. The van der Waals surface area contributed by atoms with Crippen LogP contribution in [-0.4, -0.2) is 50.7 Å². The number of hydrogen-bond acceptors (Lipinski definition) is 7. The van der Waals surface area contributed by atoms with E-state index >= 15 is 0 Å². The van der Waals surface area contributed by atoms with Gasteiger partial charge in [-0.15, -0.1) is 0 Å². The Morgan fingerprint density at radius 1 is 1.35 bits per heavy atom. The molecule has 1 saturated heterocycles. The minimum absolute atomic E-state index is 0.0678. The zero-order valence-electron chi connectivity index (χ0n) is 10.3. The fourth-order valence-electron chi connectivity index (χ4n) is 1.75. The van der Waals surface area contributed by atoms with Crippen molar-refractivity contribution in [3.05, 3.63) is 17.3 Å². The van der Waals surface area contributed by atoms with E-state index in [1.165, 1.54) is 6.07 Å². The van der Waals surface area contributed by atoms with Gasteiger partial charge in [0.25, 0.3) is 0 Å². The summed E-state index contributed by atoms with van der Waals surface area (Å²) < 4.78 is 48.4. The molecule has 112 valence electrons. The van der Waals surface area contributed by atoms with E-state index in [2.05, 4.69) is 10.4 Å². The minimum atomic E-state index is -3.81. The summed E-state index contributed by atoms with van der Waals surface area (Å²) in [6, 6.07) is 1.22. The van der Waals surface area contributed by atoms with Gasteiger partial charge in [0.05, 0.1) is 16.5 Å². The van der Waals surface area contributed by atoms with Gasteiger partial charge in [-0.1, -0.05) is 11.6 Å². The maximum Gasteiger partial charge on any atom is 0.244 e. The number of nitrogens with one attached hydrogen (secondary N) is 1. The van der Waals surface area contributed by atoms with Gasteiger partial charge in [0, 0.05) is 19.3 Å². The van der Waals surface area contributed by atoms with Crippen molar-refractivity contribution in [3.63, 3.8) is 0 Å². The van der Waals surface area contributed by atoms with Crippen LogP contribution in [0.25, 0.3) is 0 Å². The summed E-state index contributed by atoms with van der Waals surface area (Å²) in [5, 5.41) is 0.0678. The molecule has 0 bridgehead atoms. The quantitative estimate of drug-likeness (QED) is 0.558. The second-order valence-corrected chi connectivity index (χ2v) is 8.85. The first kappa shape index (κ1) is 15.4. The highest BCUT2D eigenvalue weighted by molar-refractivity contribution is 7.92. The summed E-state index contributed by atoms with van der Waals surface area (Å²) in [6.07, 6.45) is 1.12. The second kappa shape index (κ2) is 5.45. The van der Waals surface area contributed by atoms with E-state index in [0.29, 0.717) is 0 Å². The van der Waals surface area contributed by atoms with Crippen molar-refractivity contribution >= 4 is 37.3 Å². The van der Waals surface area contributed by atoms with Gasteiger partial charge in [0.2, 0.25) is 10.0 Å². The van der Waals surface area contributed by atoms with E-state index in [0.717, 1.165) is 10.5 Å². The molecule has 20 heavy (non-hydrogen) atoms. The van der Waals surface area contributed by atoms with Crippen molar-refractivity contribution in [3.8, 4) is 0 Å². The lowest BCUT2D eigenvalue weighted by atomic mass is 10.5. The molecule has 0 saturated carbocycles. The molecule has 1 aromatic heterocycles. The van der Waals surface area contributed by atoms with Crippen LogP contribution in [0, 0.1) is 0 Å². The van der Waals surface area contributed by atoms with Crippen molar-refractivity contribution in [2.75, 3.05) is 30.0 Å². The monoisotopic (exact) mass is 340 g/mol. The van der Waals surface area contributed by atoms with Crippen molar-refractivity contribution in [2.45, 2.75) is 4.90 Å². The standard InChI is InChI=1S/C9H13ClN4O4S2/c10-8-5-7(6-12-9(8)13-11)20(17,18)14-1-3-19(15,16)4-2-14/h5-6H,1-4,11H2,(H,12,13). The van der Waals surface area contributed by atoms with Crippen LogP contribution in [0.3, 0.4) is 0 Å². The molecule has 1 aliphatic rings. The van der Waals surface area contributed by atoms with Gasteiger partial charge >= 0.3 is 0 Å². The molecule has 0 spiro atoms. The molecule has 0 aliphatic carbocycles. The van der Waals surface area contributed by atoms with Gasteiger partial charge in [-0.05, 0) is 6.07 Å². The number of nitrogens with zero attached hydrogens (tertiary/aromatic N) is 2. The summed E-state index contributed by atoms with van der Waals surface area (Å²) >= 11 is 5.84. The Morgan fingerprint density at radius 3 is 2.45 bits per heavy atom. The fraction of sp³-hybridized carbons (Fsp3) is 0.444. The number of aromatic nitrogens is 1. The predicted molar refractivity (Wildman–Crippen MR) is 74.5 cm³/mol. The number of pyridine rings is 1. The lowest BCUT2D eigenvalue weighted by molar-refractivity contribution is 0.430. The Balaban J connectivity index is 2.29. The van der Waals surface area contributed by atoms with Crippen LogP contribution in [0.1, 0.15) is 0 Å². The van der Waals surface area contributed by atoms with Crippen molar-refractivity contribution in [2.24, 2.45) is 5.84 Å². The van der Waals surface area contributed by atoms with Gasteiger partial charge < -0.3 is 5.43 Å². The number of sulfonamides is 1. The lowest BCUT2D eigenvalue weighted by Gasteiger charge is -2.25. The summed E-state index contributed by atoms with van der Waals surface area (Å²) in [7, 11) is -6.96. The van der Waals surface area contributed by atoms with Crippen LogP contribution in [0.15, 0.2) is 17.2 Å². The van der Waals surface area contributed by atoms with Crippen LogP contribution >= 0.6 is 11.6 Å². The molecule has 1 fully saturated rings. The zero-order chi connectivity index (χ0) is 15.0. The highest BCUT2D eigenvalue weighted by Crippen LogP contribution is 2.24.